The molecule has 0 aliphatic rings. The average Bonchev–Trinajstić information content (AvgIpc) is 1.71. The Labute approximate surface area is 205 Å². The van der Waals surface area contributed by atoms with Gasteiger partial charge in [0.05, 0.1) is 0 Å². The van der Waals surface area contributed by atoms with Crippen LogP contribution >= 0.6 is 0 Å². The molecule has 8 heteroatoms. The zero-order valence-electron chi connectivity index (χ0n) is 13.9. The minimum absolute atomic E-state index is 0. The fourth-order valence-electron chi connectivity index (χ4n) is 0. The first kappa shape index (κ1) is 114. The van der Waals surface area contributed by atoms with Crippen LogP contribution in [0, 0.1) is 29.7 Å². The molecule has 0 rings (SSSR count). The molecule has 0 amide bonds. The van der Waals surface area contributed by atoms with Crippen LogP contribution in [-0.4, -0.2) is 15.4 Å². The third-order valence-electron chi connectivity index (χ3n) is 0.612. The minimum atomic E-state index is -1.13. The van der Waals surface area contributed by atoms with E-state index in [0.717, 1.165) is 0 Å². The Balaban J connectivity index is -0.00000000242. The molecule has 0 aromatic rings. The normalized spacial score (nSPS) is 4.11. The Kier molecular flexibility index (Phi) is 491. The molecule has 0 spiro atoms. The van der Waals surface area contributed by atoms with Crippen molar-refractivity contribution in [1.82, 2.24) is 0 Å². The van der Waals surface area contributed by atoms with Crippen LogP contribution in [0.2, 0.25) is 19.6 Å². The van der Waals surface area contributed by atoms with E-state index in [2.05, 4.69) is 19.6 Å². The quantitative estimate of drug-likeness (QED) is 0.225. The monoisotopic (exact) mass is 806 g/mol. The second kappa shape index (κ2) is 81.6. The zero-order chi connectivity index (χ0) is 7.21. The van der Waals surface area contributed by atoms with E-state index in [1.807, 2.05) is 13.8 Å². The number of nitrogens with two attached hydrogens (primary N) is 2. The molecular weight excluding hydrogens is 766 g/mol. The van der Waals surface area contributed by atoms with Crippen LogP contribution in [0.3, 0.4) is 0 Å². The molecule has 0 aromatic heterocycles. The Morgan fingerprint density at radius 1 is 0.684 bits per heavy atom. The number of hydrogen-bond acceptors (Lipinski definition) is 1. The molecule has 0 fully saturated rings. The van der Waals surface area contributed by atoms with Gasteiger partial charge in [-0.05, 0) is 19.6 Å². The largest absolute Gasteiger partial charge is 3.00 e. The predicted molar refractivity (Wildman–Crippen MR) is 84.7 cm³/mol. The molecule has 4 N–H and O–H groups in total. The first-order valence-corrected chi connectivity index (χ1v) is 6.52. The van der Waals surface area contributed by atoms with E-state index >= 15 is 0 Å². The molecule has 19 heavy (non-hydrogen) atoms. The van der Waals surface area contributed by atoms with E-state index in [4.69, 9.17) is 4.43 Å². The smallest absolute Gasteiger partial charge is 0.693 e. The Bertz CT molecular complexity index is 66.5. The summed E-state index contributed by atoms with van der Waals surface area (Å²) >= 11 is 0. The van der Waals surface area contributed by atoms with Gasteiger partial charge in [0.15, 0.2) is 8.32 Å². The van der Waals surface area contributed by atoms with Crippen molar-refractivity contribution in [2.24, 2.45) is 0 Å². The van der Waals surface area contributed by atoms with Crippen LogP contribution in [0.1, 0.15) is 21.3 Å². The van der Waals surface area contributed by atoms with Crippen molar-refractivity contribution in [3.05, 3.63) is 42.0 Å². The summed E-state index contributed by atoms with van der Waals surface area (Å²) in [5.74, 6) is 0. The SMILES string of the molecule is C.CC.CO[Si](C)(C)C.[CH3-].[CH3-].[CH3-].[CH3-].[Ir+3].[Ir+3].[NH2-].[NH2-].[Y].[Y]. The van der Waals surface area contributed by atoms with Crippen LogP contribution < -0.4 is 0 Å². The van der Waals surface area contributed by atoms with Crippen molar-refractivity contribution in [3.8, 4) is 0 Å². The molecule has 0 aromatic carbocycles. The summed E-state index contributed by atoms with van der Waals surface area (Å²) in [5.41, 5.74) is 0. The van der Waals surface area contributed by atoms with Gasteiger partial charge in [0.2, 0.25) is 0 Å². The van der Waals surface area contributed by atoms with Gasteiger partial charge in [0.25, 0.3) is 0 Å². The summed E-state index contributed by atoms with van der Waals surface area (Å²) in [5, 5.41) is 0. The average molecular weight is 805 g/mol. The maximum Gasteiger partial charge on any atom is 3.00 e. The second-order valence-corrected chi connectivity index (χ2v) is 6.95. The molecule has 0 heterocycles. The van der Waals surface area contributed by atoms with E-state index in [0.29, 0.717) is 0 Å². The molecule has 0 saturated heterocycles. The molecule has 0 aliphatic carbocycles. The molecular formula is C11H38Ir2N2OSiY2. The van der Waals surface area contributed by atoms with Gasteiger partial charge in [0, 0.05) is 72.5 Å². The van der Waals surface area contributed by atoms with Gasteiger partial charge in [-0.15, -0.1) is 0 Å². The first-order valence-electron chi connectivity index (χ1n) is 3.11. The third kappa shape index (κ3) is 190. The van der Waals surface area contributed by atoms with E-state index in [1.54, 1.807) is 7.11 Å². The van der Waals surface area contributed by atoms with Gasteiger partial charge in [-0.3, -0.25) is 0 Å². The van der Waals surface area contributed by atoms with Crippen molar-refractivity contribution in [2.75, 3.05) is 7.11 Å². The van der Waals surface area contributed by atoms with Gasteiger partial charge in [-0.25, -0.2) is 0 Å². The van der Waals surface area contributed by atoms with Gasteiger partial charge < -0.3 is 46.4 Å². The first-order chi connectivity index (χ1) is 3.56. The van der Waals surface area contributed by atoms with Gasteiger partial charge >= 0.3 is 40.2 Å². The summed E-state index contributed by atoms with van der Waals surface area (Å²) in [6, 6.07) is 0. The van der Waals surface area contributed by atoms with Crippen LogP contribution in [0.25, 0.3) is 12.3 Å². The van der Waals surface area contributed by atoms with E-state index < -0.39 is 8.32 Å². The zero-order valence-corrected chi connectivity index (χ0v) is 25.4. The molecule has 0 bridgehead atoms. The maximum absolute atomic E-state index is 5.08. The van der Waals surface area contributed by atoms with Crippen molar-refractivity contribution in [2.45, 2.75) is 40.9 Å². The van der Waals surface area contributed by atoms with Crippen molar-refractivity contribution >= 4 is 8.32 Å². The van der Waals surface area contributed by atoms with Crippen molar-refractivity contribution in [3.63, 3.8) is 0 Å². The topological polar surface area (TPSA) is 76.2 Å². The molecule has 0 aliphatic heterocycles. The summed E-state index contributed by atoms with van der Waals surface area (Å²) in [7, 11) is 0.639. The molecule has 2 radical (unpaired) electrons. The molecule has 0 saturated carbocycles. The summed E-state index contributed by atoms with van der Waals surface area (Å²) in [6.45, 7) is 10.5. The van der Waals surface area contributed by atoms with Crippen LogP contribution in [0.4, 0.5) is 0 Å². The summed E-state index contributed by atoms with van der Waals surface area (Å²) in [4.78, 5) is 0. The molecule has 3 nitrogen and oxygen atoms in total. The Morgan fingerprint density at radius 2 is 0.737 bits per heavy atom. The van der Waals surface area contributed by atoms with Gasteiger partial charge in [-0.2, -0.15) is 0 Å². The standard InChI is InChI=1S/C4H12OSi.C2H6.CH4.4CH3.2Ir.2H2N.2Y/c1-5-6(2,3)4;1-2;;;;;;;;;;;/h1-4H3;1-2H3;1H4;4*1H3;;;2*1H2;;/q;;;4*-1;2*+3;2*-1;;. The van der Waals surface area contributed by atoms with Gasteiger partial charge in [0.1, 0.15) is 0 Å². The summed E-state index contributed by atoms with van der Waals surface area (Å²) in [6.07, 6.45) is 0. The van der Waals surface area contributed by atoms with Crippen LogP contribution in [0.15, 0.2) is 0 Å². The van der Waals surface area contributed by atoms with Gasteiger partial charge in [-0.1, -0.05) is 21.3 Å². The molecule has 126 valence electrons. The van der Waals surface area contributed by atoms with Crippen molar-refractivity contribution in [1.29, 1.82) is 0 Å². The number of rotatable bonds is 1. The fourth-order valence-corrected chi connectivity index (χ4v) is 0. The predicted octanol–water partition coefficient (Wildman–Crippen LogP) is 6.36. The van der Waals surface area contributed by atoms with E-state index in [-0.39, 0.29) is 155 Å². The minimum Gasteiger partial charge on any atom is -0.693 e. The number of hydrogen-bond donors (Lipinski definition) is 0. The van der Waals surface area contributed by atoms with Crippen molar-refractivity contribution < 1.29 is 110 Å². The third-order valence-corrected chi connectivity index (χ3v) is 1.84. The fraction of sp³-hybridized carbons (Fsp3) is 0.636. The second-order valence-electron chi connectivity index (χ2n) is 2.32. The summed E-state index contributed by atoms with van der Waals surface area (Å²) < 4.78 is 5.08. The van der Waals surface area contributed by atoms with Crippen LogP contribution in [-0.2, 0) is 110 Å². The molecule has 0 unspecified atom stereocenters. The van der Waals surface area contributed by atoms with Crippen LogP contribution in [0.5, 0.6) is 0 Å². The Morgan fingerprint density at radius 3 is 0.737 bits per heavy atom. The van der Waals surface area contributed by atoms with E-state index in [9.17, 15) is 0 Å². The molecule has 0 atom stereocenters. The maximum atomic E-state index is 5.08. The Hall–Kier alpha value is 3.60. The van der Waals surface area contributed by atoms with E-state index in [1.165, 1.54) is 0 Å².